The molecule has 2 heteroatoms. The molecular formula is C8H11ClO. The maximum Gasteiger partial charge on any atom is 0.104 e. The first-order valence-electron chi connectivity index (χ1n) is 3.43. The second-order valence-electron chi connectivity index (χ2n) is 2.30. The van der Waals surface area contributed by atoms with E-state index in [0.717, 1.165) is 6.42 Å². The van der Waals surface area contributed by atoms with Crippen molar-refractivity contribution < 1.29 is 4.74 Å². The molecule has 0 aromatic heterocycles. The van der Waals surface area contributed by atoms with Crippen LogP contribution in [0.2, 0.25) is 0 Å². The standard InChI is InChI=1S/C8H11ClO/c1-3-6(9)5-8-7(4-2)10-8/h3,5,7-8H,1,4H2,2H3. The Kier molecular flexibility index (Phi) is 2.52. The number of epoxide rings is 1. The van der Waals surface area contributed by atoms with Gasteiger partial charge < -0.3 is 4.74 Å². The normalized spacial score (nSPS) is 32.0. The van der Waals surface area contributed by atoms with E-state index < -0.39 is 0 Å². The SMILES string of the molecule is C=CC(Cl)=CC1OC1CC. The van der Waals surface area contributed by atoms with Crippen LogP contribution in [0.4, 0.5) is 0 Å². The summed E-state index contributed by atoms with van der Waals surface area (Å²) in [5, 5.41) is 0.681. The lowest BCUT2D eigenvalue weighted by atomic mass is 10.2. The maximum atomic E-state index is 5.69. The second kappa shape index (κ2) is 3.22. The van der Waals surface area contributed by atoms with Crippen molar-refractivity contribution in [3.05, 3.63) is 23.8 Å². The van der Waals surface area contributed by atoms with Crippen LogP contribution in [0.3, 0.4) is 0 Å². The Hall–Kier alpha value is -0.270. The Bertz CT molecular complexity index is 163. The lowest BCUT2D eigenvalue weighted by Gasteiger charge is -1.83. The van der Waals surface area contributed by atoms with E-state index in [0.29, 0.717) is 11.1 Å². The molecule has 0 aliphatic carbocycles. The zero-order chi connectivity index (χ0) is 7.56. The Labute approximate surface area is 66.3 Å². The summed E-state index contributed by atoms with van der Waals surface area (Å²) in [5.41, 5.74) is 0. The summed E-state index contributed by atoms with van der Waals surface area (Å²) < 4.78 is 5.23. The van der Waals surface area contributed by atoms with Gasteiger partial charge in [0.05, 0.1) is 6.10 Å². The quantitative estimate of drug-likeness (QED) is 0.454. The minimum atomic E-state index is 0.246. The second-order valence-corrected chi connectivity index (χ2v) is 2.74. The monoisotopic (exact) mass is 158 g/mol. The summed E-state index contributed by atoms with van der Waals surface area (Å²) in [5.74, 6) is 0. The van der Waals surface area contributed by atoms with Gasteiger partial charge in [-0.15, -0.1) is 0 Å². The fourth-order valence-corrected chi connectivity index (χ4v) is 0.981. The van der Waals surface area contributed by atoms with Gasteiger partial charge in [0, 0.05) is 5.03 Å². The summed E-state index contributed by atoms with van der Waals surface area (Å²) in [4.78, 5) is 0. The van der Waals surface area contributed by atoms with E-state index in [2.05, 4.69) is 13.5 Å². The van der Waals surface area contributed by atoms with Gasteiger partial charge in [-0.1, -0.05) is 31.2 Å². The minimum Gasteiger partial charge on any atom is -0.365 e. The van der Waals surface area contributed by atoms with Crippen LogP contribution in [0.25, 0.3) is 0 Å². The smallest absolute Gasteiger partial charge is 0.104 e. The molecule has 0 aromatic carbocycles. The van der Waals surface area contributed by atoms with Crippen molar-refractivity contribution in [2.75, 3.05) is 0 Å². The van der Waals surface area contributed by atoms with Gasteiger partial charge in [-0.3, -0.25) is 0 Å². The van der Waals surface area contributed by atoms with Crippen molar-refractivity contribution in [3.8, 4) is 0 Å². The van der Waals surface area contributed by atoms with Crippen molar-refractivity contribution >= 4 is 11.6 Å². The number of halogens is 1. The van der Waals surface area contributed by atoms with E-state index in [1.54, 1.807) is 6.08 Å². The highest BCUT2D eigenvalue weighted by atomic mass is 35.5. The van der Waals surface area contributed by atoms with Gasteiger partial charge in [-0.25, -0.2) is 0 Å². The number of hydrogen-bond acceptors (Lipinski definition) is 1. The molecule has 0 saturated carbocycles. The van der Waals surface area contributed by atoms with E-state index in [9.17, 15) is 0 Å². The predicted octanol–water partition coefficient (Wildman–Crippen LogP) is 2.47. The average Bonchev–Trinajstić information content (AvgIpc) is 2.67. The topological polar surface area (TPSA) is 12.5 Å². The van der Waals surface area contributed by atoms with Crippen molar-refractivity contribution in [1.29, 1.82) is 0 Å². The number of hydrogen-bond donors (Lipinski definition) is 0. The molecule has 0 aromatic rings. The lowest BCUT2D eigenvalue weighted by molar-refractivity contribution is 0.384. The fraction of sp³-hybridized carbons (Fsp3) is 0.500. The molecule has 1 fully saturated rings. The van der Waals surface area contributed by atoms with Gasteiger partial charge in [0.2, 0.25) is 0 Å². The molecule has 0 amide bonds. The predicted molar refractivity (Wildman–Crippen MR) is 43.1 cm³/mol. The molecule has 2 atom stereocenters. The zero-order valence-electron chi connectivity index (χ0n) is 6.01. The first-order valence-corrected chi connectivity index (χ1v) is 3.81. The summed E-state index contributed by atoms with van der Waals surface area (Å²) in [6.45, 7) is 5.63. The third kappa shape index (κ3) is 1.86. The number of allylic oxidation sites excluding steroid dienone is 2. The number of ether oxygens (including phenoxy) is 1. The van der Waals surface area contributed by atoms with Crippen LogP contribution >= 0.6 is 11.6 Å². The van der Waals surface area contributed by atoms with Crippen LogP contribution in [0.1, 0.15) is 13.3 Å². The van der Waals surface area contributed by atoms with E-state index in [4.69, 9.17) is 16.3 Å². The van der Waals surface area contributed by atoms with E-state index in [1.807, 2.05) is 6.08 Å². The highest BCUT2D eigenvalue weighted by Gasteiger charge is 2.34. The van der Waals surface area contributed by atoms with Gasteiger partial charge >= 0.3 is 0 Å². The van der Waals surface area contributed by atoms with Gasteiger partial charge in [-0.2, -0.15) is 0 Å². The molecule has 1 aliphatic heterocycles. The molecule has 0 radical (unpaired) electrons. The number of rotatable bonds is 3. The van der Waals surface area contributed by atoms with Crippen LogP contribution in [0.15, 0.2) is 23.8 Å². The molecule has 56 valence electrons. The van der Waals surface area contributed by atoms with Gasteiger partial charge in [0.15, 0.2) is 0 Å². The molecule has 1 heterocycles. The zero-order valence-corrected chi connectivity index (χ0v) is 6.77. The molecule has 1 rings (SSSR count). The summed E-state index contributed by atoms with van der Waals surface area (Å²) in [6.07, 6.45) is 5.21. The van der Waals surface area contributed by atoms with Gasteiger partial charge in [0.25, 0.3) is 0 Å². The molecule has 10 heavy (non-hydrogen) atoms. The molecule has 0 N–H and O–H groups in total. The molecule has 1 aliphatic rings. The highest BCUT2D eigenvalue weighted by Crippen LogP contribution is 2.27. The van der Waals surface area contributed by atoms with Crippen molar-refractivity contribution in [2.45, 2.75) is 25.6 Å². The Morgan fingerprint density at radius 2 is 2.50 bits per heavy atom. The third-order valence-corrected chi connectivity index (χ3v) is 1.82. The molecule has 1 saturated heterocycles. The summed E-state index contributed by atoms with van der Waals surface area (Å²) in [7, 11) is 0. The van der Waals surface area contributed by atoms with Crippen LogP contribution in [0.5, 0.6) is 0 Å². The summed E-state index contributed by atoms with van der Waals surface area (Å²) >= 11 is 5.69. The van der Waals surface area contributed by atoms with E-state index in [1.165, 1.54) is 0 Å². The minimum absolute atomic E-state index is 0.246. The van der Waals surface area contributed by atoms with E-state index in [-0.39, 0.29) is 6.10 Å². The van der Waals surface area contributed by atoms with Gasteiger partial charge in [0.1, 0.15) is 6.10 Å². The molecule has 0 bridgehead atoms. The molecule has 1 nitrogen and oxygen atoms in total. The summed E-state index contributed by atoms with van der Waals surface area (Å²) in [6, 6.07) is 0. The largest absolute Gasteiger partial charge is 0.365 e. The first kappa shape index (κ1) is 7.83. The van der Waals surface area contributed by atoms with Crippen LogP contribution in [-0.2, 0) is 4.74 Å². The van der Waals surface area contributed by atoms with Crippen LogP contribution in [-0.4, -0.2) is 12.2 Å². The molecular weight excluding hydrogens is 148 g/mol. The maximum absolute atomic E-state index is 5.69. The Morgan fingerprint density at radius 1 is 1.80 bits per heavy atom. The molecule has 2 unspecified atom stereocenters. The average molecular weight is 159 g/mol. The third-order valence-electron chi connectivity index (χ3n) is 1.54. The highest BCUT2D eigenvalue weighted by molar-refractivity contribution is 6.31. The first-order chi connectivity index (χ1) is 4.77. The fourth-order valence-electron chi connectivity index (χ4n) is 0.857. The lowest BCUT2D eigenvalue weighted by Crippen LogP contribution is -1.86. The van der Waals surface area contributed by atoms with Crippen molar-refractivity contribution in [2.24, 2.45) is 0 Å². The van der Waals surface area contributed by atoms with Crippen molar-refractivity contribution in [3.63, 3.8) is 0 Å². The Balaban J connectivity index is 2.34. The Morgan fingerprint density at radius 3 is 2.90 bits per heavy atom. The van der Waals surface area contributed by atoms with Crippen molar-refractivity contribution in [1.82, 2.24) is 0 Å². The van der Waals surface area contributed by atoms with Gasteiger partial charge in [-0.05, 0) is 12.5 Å². The molecule has 0 spiro atoms. The van der Waals surface area contributed by atoms with Crippen LogP contribution in [0, 0.1) is 0 Å². The van der Waals surface area contributed by atoms with Crippen LogP contribution < -0.4 is 0 Å². The van der Waals surface area contributed by atoms with E-state index >= 15 is 0 Å².